The molecule has 1 aliphatic carbocycles. The van der Waals surface area contributed by atoms with Crippen molar-refractivity contribution in [1.82, 2.24) is 14.5 Å². The fraction of sp³-hybridized carbons (Fsp3) is 0.560. The molecular formula is C25H32FN3O4. The Morgan fingerprint density at radius 1 is 1.21 bits per heavy atom. The zero-order chi connectivity index (χ0) is 23.9. The van der Waals surface area contributed by atoms with E-state index in [0.717, 1.165) is 25.7 Å². The number of hydrogen-bond acceptors (Lipinski definition) is 5. The predicted molar refractivity (Wildman–Crippen MR) is 122 cm³/mol. The van der Waals surface area contributed by atoms with E-state index in [1.54, 1.807) is 23.1 Å². The summed E-state index contributed by atoms with van der Waals surface area (Å²) in [6, 6.07) is 7.48. The molecule has 2 aliphatic rings. The van der Waals surface area contributed by atoms with E-state index in [4.69, 9.17) is 4.74 Å². The number of piperidine rings is 1. The van der Waals surface area contributed by atoms with Crippen LogP contribution >= 0.6 is 0 Å². The Labute approximate surface area is 193 Å². The van der Waals surface area contributed by atoms with Gasteiger partial charge in [-0.3, -0.25) is 9.36 Å². The molecule has 2 aromatic rings. The number of nitrogens with zero attached hydrogens (tertiary/aromatic N) is 3. The average molecular weight is 458 g/mol. The van der Waals surface area contributed by atoms with Crippen molar-refractivity contribution in [1.29, 1.82) is 0 Å². The molecule has 1 aromatic carbocycles. The van der Waals surface area contributed by atoms with Crippen molar-refractivity contribution >= 4 is 6.09 Å². The van der Waals surface area contributed by atoms with E-state index in [-0.39, 0.29) is 29.5 Å². The van der Waals surface area contributed by atoms with Crippen LogP contribution in [-0.2, 0) is 11.3 Å². The number of rotatable bonds is 3. The Morgan fingerprint density at radius 3 is 2.55 bits per heavy atom. The summed E-state index contributed by atoms with van der Waals surface area (Å²) in [5.74, 6) is -0.444. The lowest BCUT2D eigenvalue weighted by atomic mass is 9.66. The molecule has 33 heavy (non-hydrogen) atoms. The van der Waals surface area contributed by atoms with Crippen LogP contribution in [0.2, 0.25) is 0 Å². The van der Waals surface area contributed by atoms with E-state index >= 15 is 0 Å². The highest BCUT2D eigenvalue weighted by atomic mass is 19.1. The van der Waals surface area contributed by atoms with E-state index in [1.807, 2.05) is 20.8 Å². The summed E-state index contributed by atoms with van der Waals surface area (Å²) in [7, 11) is 0. The molecule has 0 bridgehead atoms. The van der Waals surface area contributed by atoms with Crippen molar-refractivity contribution in [2.45, 2.75) is 70.6 Å². The Bertz CT molecular complexity index is 1090. The topological polar surface area (TPSA) is 84.7 Å². The van der Waals surface area contributed by atoms with Gasteiger partial charge >= 0.3 is 6.09 Å². The summed E-state index contributed by atoms with van der Waals surface area (Å²) < 4.78 is 21.1. The summed E-state index contributed by atoms with van der Waals surface area (Å²) in [6.07, 6.45) is 4.83. The van der Waals surface area contributed by atoms with Gasteiger partial charge in [0.2, 0.25) is 0 Å². The molecule has 1 saturated carbocycles. The largest absolute Gasteiger partial charge is 0.444 e. The summed E-state index contributed by atoms with van der Waals surface area (Å²) in [5, 5.41) is 11.8. The van der Waals surface area contributed by atoms with Crippen LogP contribution in [0.5, 0.6) is 0 Å². The van der Waals surface area contributed by atoms with Crippen LogP contribution in [0.25, 0.3) is 11.3 Å². The quantitative estimate of drug-likeness (QED) is 0.754. The van der Waals surface area contributed by atoms with Gasteiger partial charge in [0.25, 0.3) is 5.56 Å². The third-order valence-electron chi connectivity index (χ3n) is 6.95. The molecule has 7 nitrogen and oxygen atoms in total. The Balaban J connectivity index is 1.58. The number of halogens is 1. The van der Waals surface area contributed by atoms with Gasteiger partial charge in [0.15, 0.2) is 0 Å². The van der Waals surface area contributed by atoms with Crippen LogP contribution in [-0.4, -0.2) is 49.9 Å². The van der Waals surface area contributed by atoms with Crippen molar-refractivity contribution in [2.24, 2.45) is 5.41 Å². The molecular weight excluding hydrogens is 425 g/mol. The van der Waals surface area contributed by atoms with Crippen LogP contribution in [0, 0.1) is 11.2 Å². The molecule has 1 aliphatic heterocycles. The molecule has 0 radical (unpaired) electrons. The van der Waals surface area contributed by atoms with Gasteiger partial charge in [0.1, 0.15) is 11.4 Å². The lowest BCUT2D eigenvalue weighted by molar-refractivity contribution is -0.140. The molecule has 4 rings (SSSR count). The maximum atomic E-state index is 14.1. The molecule has 8 heteroatoms. The van der Waals surface area contributed by atoms with Crippen molar-refractivity contribution in [3.05, 3.63) is 52.8 Å². The zero-order valence-electron chi connectivity index (χ0n) is 19.5. The number of hydrogen-bond donors (Lipinski definition) is 1. The molecule has 1 aromatic heterocycles. The summed E-state index contributed by atoms with van der Waals surface area (Å²) in [5.41, 5.74) is -2.08. The molecule has 1 N–H and O–H groups in total. The van der Waals surface area contributed by atoms with E-state index in [9.17, 15) is 19.1 Å². The fourth-order valence-electron chi connectivity index (χ4n) is 5.22. The van der Waals surface area contributed by atoms with Crippen LogP contribution in [0.4, 0.5) is 9.18 Å². The second-order valence-electron chi connectivity index (χ2n) is 10.4. The first-order valence-corrected chi connectivity index (χ1v) is 11.5. The minimum atomic E-state index is -1.16. The average Bonchev–Trinajstić information content (AvgIpc) is 3.21. The van der Waals surface area contributed by atoms with E-state index in [1.165, 1.54) is 23.0 Å². The van der Waals surface area contributed by atoms with Gasteiger partial charge in [-0.1, -0.05) is 25.0 Å². The van der Waals surface area contributed by atoms with E-state index in [2.05, 4.69) is 4.98 Å². The summed E-state index contributed by atoms with van der Waals surface area (Å²) in [6.45, 7) is 6.33. The highest BCUT2D eigenvalue weighted by Crippen LogP contribution is 2.51. The highest BCUT2D eigenvalue weighted by Gasteiger charge is 2.56. The minimum Gasteiger partial charge on any atom is -0.444 e. The number of aromatic nitrogens is 2. The second-order valence-corrected chi connectivity index (χ2v) is 10.4. The first kappa shape index (κ1) is 23.4. The first-order chi connectivity index (χ1) is 15.5. The SMILES string of the molecule is CC(C)(C)OC(=O)N1CCC(O)(Cn2cnc(-c3ccccc3F)cc2=O)C2(CCCC2)C1. The number of ether oxygens (including phenoxy) is 1. The van der Waals surface area contributed by atoms with Gasteiger partial charge in [-0.15, -0.1) is 0 Å². The molecule has 2 fully saturated rings. The summed E-state index contributed by atoms with van der Waals surface area (Å²) in [4.78, 5) is 31.6. The van der Waals surface area contributed by atoms with Crippen molar-refractivity contribution in [3.8, 4) is 11.3 Å². The highest BCUT2D eigenvalue weighted by molar-refractivity contribution is 5.68. The third kappa shape index (κ3) is 4.67. The van der Waals surface area contributed by atoms with Crippen LogP contribution in [0.15, 0.2) is 41.5 Å². The molecule has 1 unspecified atom stereocenters. The molecule has 1 amide bonds. The predicted octanol–water partition coefficient (Wildman–Crippen LogP) is 3.98. The number of aliphatic hydroxyl groups is 1. The molecule has 1 atom stereocenters. The second kappa shape index (κ2) is 8.56. The lowest BCUT2D eigenvalue weighted by Gasteiger charge is -2.52. The Morgan fingerprint density at radius 2 is 1.91 bits per heavy atom. The molecule has 2 heterocycles. The van der Waals surface area contributed by atoms with Gasteiger partial charge in [-0.25, -0.2) is 14.2 Å². The van der Waals surface area contributed by atoms with Crippen LogP contribution in [0.3, 0.4) is 0 Å². The first-order valence-electron chi connectivity index (χ1n) is 11.5. The van der Waals surface area contributed by atoms with Gasteiger partial charge in [0.05, 0.1) is 24.2 Å². The monoisotopic (exact) mass is 457 g/mol. The van der Waals surface area contributed by atoms with E-state index < -0.39 is 22.4 Å². The van der Waals surface area contributed by atoms with Crippen molar-refractivity contribution in [2.75, 3.05) is 13.1 Å². The molecule has 1 spiro atoms. The summed E-state index contributed by atoms with van der Waals surface area (Å²) >= 11 is 0. The van der Waals surface area contributed by atoms with Crippen molar-refractivity contribution in [3.63, 3.8) is 0 Å². The lowest BCUT2D eigenvalue weighted by Crippen LogP contribution is -2.62. The Hall–Kier alpha value is -2.74. The zero-order valence-corrected chi connectivity index (χ0v) is 19.5. The van der Waals surface area contributed by atoms with E-state index in [0.29, 0.717) is 19.5 Å². The van der Waals surface area contributed by atoms with Gasteiger partial charge in [-0.05, 0) is 52.2 Å². The maximum Gasteiger partial charge on any atom is 0.410 e. The molecule has 178 valence electrons. The standard InChI is InChI=1S/C25H32FN3O4/c1-23(2,3)33-22(31)28-13-12-25(32,24(15-28)10-6-7-11-24)16-29-17-27-20(14-21(29)30)18-8-4-5-9-19(18)26/h4-5,8-9,14,17,32H,6-7,10-13,15-16H2,1-3H3. The molecule has 1 saturated heterocycles. The van der Waals surface area contributed by atoms with Crippen molar-refractivity contribution < 1.29 is 19.0 Å². The van der Waals surface area contributed by atoms with Crippen LogP contribution in [0.1, 0.15) is 52.9 Å². The number of benzene rings is 1. The fourth-order valence-corrected chi connectivity index (χ4v) is 5.22. The Kier molecular flexibility index (Phi) is 6.07. The normalized spacial score (nSPS) is 22.5. The third-order valence-corrected chi connectivity index (χ3v) is 6.95. The minimum absolute atomic E-state index is 0.0819. The smallest absolute Gasteiger partial charge is 0.410 e. The van der Waals surface area contributed by atoms with Gasteiger partial charge in [0, 0.05) is 30.1 Å². The van der Waals surface area contributed by atoms with Crippen LogP contribution < -0.4 is 5.56 Å². The number of carbonyl (C=O) groups is 1. The number of likely N-dealkylation sites (tertiary alicyclic amines) is 1. The van der Waals surface area contributed by atoms with Gasteiger partial charge < -0.3 is 14.7 Å². The maximum absolute atomic E-state index is 14.1. The number of carbonyl (C=O) groups excluding carboxylic acids is 1. The number of amides is 1. The van der Waals surface area contributed by atoms with Gasteiger partial charge in [-0.2, -0.15) is 0 Å².